The van der Waals surface area contributed by atoms with E-state index < -0.39 is 0 Å². The van der Waals surface area contributed by atoms with E-state index in [1.807, 2.05) is 18.2 Å². The Morgan fingerprint density at radius 2 is 2.10 bits per heavy atom. The minimum Gasteiger partial charge on any atom is -0.343 e. The molecule has 3 aromatic rings. The number of amides is 1. The molecule has 1 aliphatic rings. The van der Waals surface area contributed by atoms with Crippen molar-refractivity contribution >= 4 is 17.2 Å². The minimum absolute atomic E-state index is 0.00539. The zero-order valence-corrected chi connectivity index (χ0v) is 18.7. The summed E-state index contributed by atoms with van der Waals surface area (Å²) in [7, 11) is 3.58. The molecule has 0 fully saturated rings. The van der Waals surface area contributed by atoms with Crippen molar-refractivity contribution in [2.24, 2.45) is 0 Å². The van der Waals surface area contributed by atoms with Gasteiger partial charge in [-0.2, -0.15) is 5.10 Å². The summed E-state index contributed by atoms with van der Waals surface area (Å²) >= 11 is 1.69. The van der Waals surface area contributed by atoms with Crippen molar-refractivity contribution in [2.45, 2.75) is 51.7 Å². The van der Waals surface area contributed by atoms with Crippen molar-refractivity contribution in [2.75, 3.05) is 14.1 Å². The summed E-state index contributed by atoms with van der Waals surface area (Å²) in [5.41, 5.74) is 5.16. The average molecular weight is 424 g/mol. The predicted octanol–water partition coefficient (Wildman–Crippen LogP) is 3.77. The number of hydrogen-bond donors (Lipinski definition) is 1. The number of aromatic nitrogens is 3. The van der Waals surface area contributed by atoms with Crippen molar-refractivity contribution in [3.05, 3.63) is 57.7 Å². The van der Waals surface area contributed by atoms with Crippen LogP contribution in [-0.2, 0) is 25.9 Å². The molecule has 2 heterocycles. The maximum Gasteiger partial charge on any atom is 0.274 e. The van der Waals surface area contributed by atoms with Gasteiger partial charge in [0.15, 0.2) is 5.69 Å². The topological polar surface area (TPSA) is 63.1 Å². The highest BCUT2D eigenvalue weighted by molar-refractivity contribution is 7.09. The SMILES string of the molecule is CCCn1nc(C(=O)N(C)C)c2c1CC[C@@H](NCc1nc(-c3ccccc3)cs1)C2. The molecule has 0 aliphatic heterocycles. The van der Waals surface area contributed by atoms with Crippen molar-refractivity contribution in [3.8, 4) is 11.3 Å². The number of carbonyl (C=O) groups is 1. The Bertz CT molecular complexity index is 1010. The van der Waals surface area contributed by atoms with Crippen molar-refractivity contribution in [1.82, 2.24) is 25.0 Å². The molecule has 6 nitrogen and oxygen atoms in total. The van der Waals surface area contributed by atoms with Gasteiger partial charge >= 0.3 is 0 Å². The van der Waals surface area contributed by atoms with E-state index >= 15 is 0 Å². The second-order valence-electron chi connectivity index (χ2n) is 8.01. The summed E-state index contributed by atoms with van der Waals surface area (Å²) in [5.74, 6) is -0.00539. The Balaban J connectivity index is 1.45. The zero-order valence-electron chi connectivity index (χ0n) is 17.9. The van der Waals surface area contributed by atoms with Gasteiger partial charge in [0, 0.05) is 55.4 Å². The molecule has 0 unspecified atom stereocenters. The lowest BCUT2D eigenvalue weighted by molar-refractivity contribution is 0.0819. The largest absolute Gasteiger partial charge is 0.343 e. The summed E-state index contributed by atoms with van der Waals surface area (Å²) in [5, 5.41) is 11.6. The molecule has 1 aromatic carbocycles. The molecule has 1 amide bonds. The highest BCUT2D eigenvalue weighted by Crippen LogP contribution is 2.27. The zero-order chi connectivity index (χ0) is 21.1. The summed E-state index contributed by atoms with van der Waals surface area (Å²) in [6, 6.07) is 10.6. The van der Waals surface area contributed by atoms with E-state index in [0.717, 1.165) is 60.6 Å². The van der Waals surface area contributed by atoms with E-state index in [4.69, 9.17) is 4.98 Å². The van der Waals surface area contributed by atoms with Crippen LogP contribution in [0, 0.1) is 0 Å². The Labute approximate surface area is 181 Å². The highest BCUT2D eigenvalue weighted by Gasteiger charge is 2.29. The third-order valence-corrected chi connectivity index (χ3v) is 6.40. The van der Waals surface area contributed by atoms with Crippen LogP contribution in [-0.4, -0.2) is 45.7 Å². The van der Waals surface area contributed by atoms with Crippen LogP contribution in [0.1, 0.15) is 46.5 Å². The number of fused-ring (bicyclic) bond motifs is 1. The van der Waals surface area contributed by atoms with Gasteiger partial charge in [0.25, 0.3) is 5.91 Å². The normalized spacial score (nSPS) is 15.8. The molecule has 30 heavy (non-hydrogen) atoms. The molecule has 0 bridgehead atoms. The molecule has 158 valence electrons. The van der Waals surface area contributed by atoms with Gasteiger partial charge in [-0.3, -0.25) is 9.48 Å². The summed E-state index contributed by atoms with van der Waals surface area (Å²) in [6.07, 6.45) is 3.85. The Kier molecular flexibility index (Phi) is 6.29. The first-order valence-electron chi connectivity index (χ1n) is 10.6. The number of nitrogens with one attached hydrogen (secondary N) is 1. The van der Waals surface area contributed by atoms with Gasteiger partial charge in [0.05, 0.1) is 5.69 Å². The quantitative estimate of drug-likeness (QED) is 0.628. The predicted molar refractivity (Wildman–Crippen MR) is 121 cm³/mol. The van der Waals surface area contributed by atoms with Crippen molar-refractivity contribution in [3.63, 3.8) is 0 Å². The van der Waals surface area contributed by atoms with Crippen LogP contribution < -0.4 is 5.32 Å². The molecular formula is C23H29N5OS. The molecule has 4 rings (SSSR count). The van der Waals surface area contributed by atoms with Crippen LogP contribution in [0.4, 0.5) is 0 Å². The summed E-state index contributed by atoms with van der Waals surface area (Å²) in [6.45, 7) is 3.76. The van der Waals surface area contributed by atoms with Crippen molar-refractivity contribution in [1.29, 1.82) is 0 Å². The third-order valence-electron chi connectivity index (χ3n) is 5.55. The third kappa shape index (κ3) is 4.32. The number of carbonyl (C=O) groups excluding carboxylic acids is 1. The van der Waals surface area contributed by atoms with E-state index in [-0.39, 0.29) is 5.91 Å². The minimum atomic E-state index is -0.00539. The average Bonchev–Trinajstić information content (AvgIpc) is 3.37. The fourth-order valence-electron chi connectivity index (χ4n) is 4.01. The van der Waals surface area contributed by atoms with Crippen LogP contribution in [0.25, 0.3) is 11.3 Å². The molecule has 1 N–H and O–H groups in total. The van der Waals surface area contributed by atoms with Gasteiger partial charge in [-0.1, -0.05) is 37.3 Å². The number of rotatable bonds is 7. The maximum absolute atomic E-state index is 12.7. The van der Waals surface area contributed by atoms with Gasteiger partial charge in [0.1, 0.15) is 5.01 Å². The number of thiazole rings is 1. The lowest BCUT2D eigenvalue weighted by Gasteiger charge is -2.24. The summed E-state index contributed by atoms with van der Waals surface area (Å²) in [4.78, 5) is 19.1. The Hall–Kier alpha value is -2.51. The smallest absolute Gasteiger partial charge is 0.274 e. The molecule has 0 radical (unpaired) electrons. The van der Waals surface area contributed by atoms with Crippen molar-refractivity contribution < 1.29 is 4.79 Å². The van der Waals surface area contributed by atoms with Gasteiger partial charge in [-0.15, -0.1) is 11.3 Å². The van der Waals surface area contributed by atoms with Crippen LogP contribution in [0.5, 0.6) is 0 Å². The maximum atomic E-state index is 12.7. The second-order valence-corrected chi connectivity index (χ2v) is 8.95. The molecule has 1 atom stereocenters. The molecule has 1 aliphatic carbocycles. The van der Waals surface area contributed by atoms with Crippen LogP contribution in [0.3, 0.4) is 0 Å². The lowest BCUT2D eigenvalue weighted by Crippen LogP contribution is -2.35. The fraction of sp³-hybridized carbons (Fsp3) is 0.435. The van der Waals surface area contributed by atoms with Gasteiger partial charge < -0.3 is 10.2 Å². The number of nitrogens with zero attached hydrogens (tertiary/aromatic N) is 4. The van der Waals surface area contributed by atoms with E-state index in [2.05, 4.69) is 39.5 Å². The first-order valence-corrected chi connectivity index (χ1v) is 11.5. The van der Waals surface area contributed by atoms with Crippen LogP contribution in [0.15, 0.2) is 35.7 Å². The first kappa shape index (κ1) is 20.8. The standard InChI is InChI=1S/C23H29N5OS/c1-4-12-28-20-11-10-17(13-18(20)22(26-28)23(29)27(2)3)24-14-21-25-19(15-30-21)16-8-6-5-7-9-16/h5-9,15,17,24H,4,10-14H2,1-3H3/t17-/m1/s1. The van der Waals surface area contributed by atoms with E-state index in [1.54, 1.807) is 30.3 Å². The Morgan fingerprint density at radius 1 is 1.30 bits per heavy atom. The van der Waals surface area contributed by atoms with E-state index in [1.165, 1.54) is 5.69 Å². The van der Waals surface area contributed by atoms with Gasteiger partial charge in [0.2, 0.25) is 0 Å². The lowest BCUT2D eigenvalue weighted by atomic mass is 9.91. The second kappa shape index (κ2) is 9.10. The van der Waals surface area contributed by atoms with Crippen LogP contribution in [0.2, 0.25) is 0 Å². The molecular weight excluding hydrogens is 394 g/mol. The Morgan fingerprint density at radius 3 is 2.83 bits per heavy atom. The molecule has 7 heteroatoms. The van der Waals surface area contributed by atoms with Gasteiger partial charge in [-0.25, -0.2) is 4.98 Å². The summed E-state index contributed by atoms with van der Waals surface area (Å²) < 4.78 is 2.05. The van der Waals surface area contributed by atoms with E-state index in [0.29, 0.717) is 11.7 Å². The molecule has 2 aromatic heterocycles. The highest BCUT2D eigenvalue weighted by atomic mass is 32.1. The number of hydrogen-bond acceptors (Lipinski definition) is 5. The molecule has 0 saturated carbocycles. The van der Waals surface area contributed by atoms with E-state index in [9.17, 15) is 4.79 Å². The monoisotopic (exact) mass is 423 g/mol. The molecule has 0 spiro atoms. The number of aryl methyl sites for hydroxylation is 1. The number of benzene rings is 1. The molecule has 0 saturated heterocycles. The van der Waals surface area contributed by atoms with Gasteiger partial charge in [-0.05, 0) is 25.7 Å². The van der Waals surface area contributed by atoms with Crippen LogP contribution >= 0.6 is 11.3 Å². The first-order chi connectivity index (χ1) is 14.6. The fourth-order valence-corrected chi connectivity index (χ4v) is 4.76.